The Labute approximate surface area is 58.8 Å². The van der Waals surface area contributed by atoms with Gasteiger partial charge in [0.1, 0.15) is 6.04 Å². The van der Waals surface area contributed by atoms with Gasteiger partial charge in [-0.1, -0.05) is 15.8 Å². The highest BCUT2D eigenvalue weighted by molar-refractivity contribution is 7.13. The lowest BCUT2D eigenvalue weighted by molar-refractivity contribution is -0.429. The molecule has 1 rings (SSSR count). The molecule has 1 saturated carbocycles. The summed E-state index contributed by atoms with van der Waals surface area (Å²) in [5, 5.41) is 3.21. The van der Waals surface area contributed by atoms with Gasteiger partial charge in [0.2, 0.25) is 0 Å². The molecule has 0 aromatic carbocycles. The van der Waals surface area contributed by atoms with Crippen molar-refractivity contribution >= 4 is 9.39 Å². The van der Waals surface area contributed by atoms with Gasteiger partial charge in [-0.15, -0.1) is 0 Å². The smallest absolute Gasteiger partial charge is 0.100 e. The van der Waals surface area contributed by atoms with E-state index in [9.17, 15) is 0 Å². The van der Waals surface area contributed by atoms with Gasteiger partial charge < -0.3 is 5.73 Å². The zero-order valence-electron chi connectivity index (χ0n) is 5.77. The fourth-order valence-corrected chi connectivity index (χ4v) is 1.87. The standard InChI is InChI=1S/C6H15N2P/c7-5-3-1-2-4-6(5)8-9/h5-6,8H,1-4,7,9H2/p+1. The third kappa shape index (κ3) is 1.89. The molecular formula is C6H16N2P+. The molecular weight excluding hydrogens is 131 g/mol. The Hall–Kier alpha value is 0.350. The first-order valence-electron chi connectivity index (χ1n) is 3.64. The summed E-state index contributed by atoms with van der Waals surface area (Å²) in [6.07, 6.45) is 5.35. The van der Waals surface area contributed by atoms with E-state index >= 15 is 0 Å². The Balaban J connectivity index is 2.30. The number of hydrogen-bond acceptors (Lipinski definition) is 1. The molecule has 0 bridgehead atoms. The first-order valence-corrected chi connectivity index (χ1v) is 4.21. The summed E-state index contributed by atoms with van der Waals surface area (Å²) >= 11 is 0. The van der Waals surface area contributed by atoms with Gasteiger partial charge in [0.15, 0.2) is 0 Å². The van der Waals surface area contributed by atoms with Crippen LogP contribution in [0.4, 0.5) is 0 Å². The molecule has 3 atom stereocenters. The van der Waals surface area contributed by atoms with Gasteiger partial charge in [0.25, 0.3) is 0 Å². The van der Waals surface area contributed by atoms with E-state index in [2.05, 4.69) is 20.2 Å². The van der Waals surface area contributed by atoms with E-state index in [0.29, 0.717) is 12.1 Å². The molecule has 0 aromatic rings. The summed E-state index contributed by atoms with van der Waals surface area (Å²) in [7, 11) is 2.58. The summed E-state index contributed by atoms with van der Waals surface area (Å²) in [4.78, 5) is 0. The van der Waals surface area contributed by atoms with Crippen molar-refractivity contribution < 1.29 is 5.73 Å². The van der Waals surface area contributed by atoms with Gasteiger partial charge in [-0.2, -0.15) is 0 Å². The van der Waals surface area contributed by atoms with E-state index in [-0.39, 0.29) is 0 Å². The van der Waals surface area contributed by atoms with Crippen LogP contribution in [0.2, 0.25) is 0 Å². The van der Waals surface area contributed by atoms with Crippen LogP contribution in [-0.4, -0.2) is 12.1 Å². The van der Waals surface area contributed by atoms with Crippen LogP contribution in [0.5, 0.6) is 0 Å². The van der Waals surface area contributed by atoms with Crippen LogP contribution < -0.4 is 10.8 Å². The quantitative estimate of drug-likeness (QED) is 0.500. The van der Waals surface area contributed by atoms with Crippen molar-refractivity contribution in [2.45, 2.75) is 37.8 Å². The lowest BCUT2D eigenvalue weighted by atomic mass is 9.92. The van der Waals surface area contributed by atoms with Crippen molar-refractivity contribution in [2.24, 2.45) is 0 Å². The van der Waals surface area contributed by atoms with Crippen LogP contribution in [0, 0.1) is 0 Å². The zero-order chi connectivity index (χ0) is 6.69. The Kier molecular flexibility index (Phi) is 2.90. The highest BCUT2D eigenvalue weighted by Gasteiger charge is 2.22. The Bertz CT molecular complexity index is 87.1. The van der Waals surface area contributed by atoms with E-state index in [1.54, 1.807) is 0 Å². The highest BCUT2D eigenvalue weighted by Crippen LogP contribution is 2.16. The third-order valence-corrected chi connectivity index (χ3v) is 2.55. The fourth-order valence-electron chi connectivity index (χ4n) is 1.43. The number of nitrogens with one attached hydrogen (secondary N) is 1. The third-order valence-electron chi connectivity index (χ3n) is 2.12. The van der Waals surface area contributed by atoms with Gasteiger partial charge in [0.05, 0.1) is 6.04 Å². The van der Waals surface area contributed by atoms with Crippen molar-refractivity contribution in [3.63, 3.8) is 0 Å². The maximum Gasteiger partial charge on any atom is 0.100 e. The molecule has 54 valence electrons. The second kappa shape index (κ2) is 3.50. The van der Waals surface area contributed by atoms with Crippen LogP contribution in [0.25, 0.3) is 0 Å². The molecule has 1 fully saturated rings. The summed E-state index contributed by atoms with van der Waals surface area (Å²) < 4.78 is 0. The molecule has 0 aromatic heterocycles. The zero-order valence-corrected chi connectivity index (χ0v) is 6.92. The second-order valence-corrected chi connectivity index (χ2v) is 3.15. The van der Waals surface area contributed by atoms with Crippen LogP contribution >= 0.6 is 9.39 Å². The maximum atomic E-state index is 4.07. The molecule has 0 aliphatic heterocycles. The van der Waals surface area contributed by atoms with Crippen molar-refractivity contribution in [1.29, 1.82) is 0 Å². The van der Waals surface area contributed by atoms with E-state index in [0.717, 1.165) is 0 Å². The van der Waals surface area contributed by atoms with Crippen molar-refractivity contribution in [1.82, 2.24) is 5.09 Å². The van der Waals surface area contributed by atoms with Crippen LogP contribution in [0.1, 0.15) is 25.7 Å². The van der Waals surface area contributed by atoms with Gasteiger partial charge in [0, 0.05) is 6.42 Å². The van der Waals surface area contributed by atoms with Crippen molar-refractivity contribution in [3.05, 3.63) is 0 Å². The molecule has 9 heavy (non-hydrogen) atoms. The van der Waals surface area contributed by atoms with E-state index in [4.69, 9.17) is 0 Å². The van der Waals surface area contributed by atoms with E-state index in [1.807, 2.05) is 0 Å². The minimum Gasteiger partial charge on any atom is -0.354 e. The number of quaternary nitrogens is 1. The molecule has 2 nitrogen and oxygen atoms in total. The Morgan fingerprint density at radius 3 is 2.44 bits per heavy atom. The van der Waals surface area contributed by atoms with E-state index in [1.165, 1.54) is 25.7 Å². The van der Waals surface area contributed by atoms with Crippen LogP contribution in [0.3, 0.4) is 0 Å². The van der Waals surface area contributed by atoms with Crippen LogP contribution in [-0.2, 0) is 0 Å². The van der Waals surface area contributed by atoms with Crippen molar-refractivity contribution in [3.8, 4) is 0 Å². The van der Waals surface area contributed by atoms with Gasteiger partial charge in [-0.05, 0) is 12.8 Å². The topological polar surface area (TPSA) is 39.7 Å². The molecule has 4 N–H and O–H groups in total. The molecule has 1 aliphatic carbocycles. The Morgan fingerprint density at radius 2 is 2.00 bits per heavy atom. The van der Waals surface area contributed by atoms with Gasteiger partial charge in [-0.25, -0.2) is 0 Å². The molecule has 0 heterocycles. The second-order valence-electron chi connectivity index (χ2n) is 2.82. The molecule has 0 saturated heterocycles. The predicted molar refractivity (Wildman–Crippen MR) is 41.8 cm³/mol. The first-order chi connectivity index (χ1) is 4.34. The molecule has 3 heteroatoms. The summed E-state index contributed by atoms with van der Waals surface area (Å²) in [5.74, 6) is 0. The molecule has 3 unspecified atom stereocenters. The summed E-state index contributed by atoms with van der Waals surface area (Å²) in [6, 6.07) is 1.29. The highest BCUT2D eigenvalue weighted by atomic mass is 31.0. The average molecular weight is 147 g/mol. The lowest BCUT2D eigenvalue weighted by Crippen LogP contribution is -2.69. The molecule has 0 radical (unpaired) electrons. The van der Waals surface area contributed by atoms with E-state index < -0.39 is 0 Å². The Morgan fingerprint density at radius 1 is 1.33 bits per heavy atom. The lowest BCUT2D eigenvalue weighted by Gasteiger charge is -2.24. The normalized spacial score (nSPS) is 36.7. The molecule has 0 amide bonds. The van der Waals surface area contributed by atoms with Gasteiger partial charge in [-0.3, -0.25) is 5.09 Å². The molecule has 0 spiro atoms. The first kappa shape index (κ1) is 7.46. The van der Waals surface area contributed by atoms with Crippen molar-refractivity contribution in [2.75, 3.05) is 0 Å². The maximum absolute atomic E-state index is 4.07. The largest absolute Gasteiger partial charge is 0.354 e. The minimum absolute atomic E-state index is 0.635. The predicted octanol–water partition coefficient (Wildman–Crippen LogP) is -0.0808. The van der Waals surface area contributed by atoms with Gasteiger partial charge >= 0.3 is 0 Å². The SMILES string of the molecule is [NH3+]C1CCCCC1NP. The average Bonchev–Trinajstić information content (AvgIpc) is 1.89. The number of rotatable bonds is 1. The fraction of sp³-hybridized carbons (Fsp3) is 1.00. The minimum atomic E-state index is 0.635. The number of hydrogen-bond donors (Lipinski definition) is 2. The summed E-state index contributed by atoms with van der Waals surface area (Å²) in [5.41, 5.74) is 4.07. The van der Waals surface area contributed by atoms with Crippen LogP contribution in [0.15, 0.2) is 0 Å². The summed E-state index contributed by atoms with van der Waals surface area (Å²) in [6.45, 7) is 0. The monoisotopic (exact) mass is 147 g/mol. The molecule has 1 aliphatic rings.